The minimum atomic E-state index is 0.193. The molecule has 0 saturated carbocycles. The van der Waals surface area contributed by atoms with Crippen molar-refractivity contribution in [3.8, 4) is 5.75 Å². The van der Waals surface area contributed by atoms with Crippen molar-refractivity contribution >= 4 is 17.5 Å². The van der Waals surface area contributed by atoms with Gasteiger partial charge >= 0.3 is 0 Å². The van der Waals surface area contributed by atoms with Crippen LogP contribution in [0.1, 0.15) is 30.4 Å². The zero-order valence-electron chi connectivity index (χ0n) is 15.4. The van der Waals surface area contributed by atoms with Crippen LogP contribution in [0.4, 0.5) is 0 Å². The van der Waals surface area contributed by atoms with Gasteiger partial charge in [0.2, 0.25) is 5.91 Å². The highest BCUT2D eigenvalue weighted by atomic mass is 35.5. The average Bonchev–Trinajstić information content (AvgIpc) is 3.05. The summed E-state index contributed by atoms with van der Waals surface area (Å²) >= 11 is 5.95. The van der Waals surface area contributed by atoms with Gasteiger partial charge in [0.05, 0.1) is 0 Å². The quantitative estimate of drug-likeness (QED) is 0.846. The number of halogens is 1. The van der Waals surface area contributed by atoms with E-state index < -0.39 is 0 Å². The van der Waals surface area contributed by atoms with Crippen LogP contribution in [0.2, 0.25) is 5.02 Å². The summed E-state index contributed by atoms with van der Waals surface area (Å²) < 4.78 is 6.09. The minimum absolute atomic E-state index is 0.193. The van der Waals surface area contributed by atoms with Gasteiger partial charge in [-0.15, -0.1) is 0 Å². The molecule has 0 aliphatic carbocycles. The predicted molar refractivity (Wildman–Crippen MR) is 107 cm³/mol. The molecule has 0 bridgehead atoms. The van der Waals surface area contributed by atoms with Gasteiger partial charge in [-0.2, -0.15) is 0 Å². The van der Waals surface area contributed by atoms with Crippen LogP contribution in [0.3, 0.4) is 0 Å². The Labute approximate surface area is 165 Å². The summed E-state index contributed by atoms with van der Waals surface area (Å²) in [6.45, 7) is 4.32. The first-order valence-corrected chi connectivity index (χ1v) is 9.94. The highest BCUT2D eigenvalue weighted by Crippen LogP contribution is 2.38. The maximum Gasteiger partial charge on any atom is 0.220 e. The van der Waals surface area contributed by atoms with Crippen LogP contribution in [-0.4, -0.2) is 30.4 Å². The average molecular weight is 385 g/mol. The molecule has 2 heterocycles. The summed E-state index contributed by atoms with van der Waals surface area (Å²) in [6.07, 6.45) is 2.86. The predicted octanol–water partition coefficient (Wildman–Crippen LogP) is 4.02. The van der Waals surface area contributed by atoms with Crippen molar-refractivity contribution in [1.82, 2.24) is 10.2 Å². The summed E-state index contributed by atoms with van der Waals surface area (Å²) in [6, 6.07) is 16.0. The number of hydrogen-bond acceptors (Lipinski definition) is 3. The van der Waals surface area contributed by atoms with E-state index in [1.165, 1.54) is 5.56 Å². The van der Waals surface area contributed by atoms with E-state index in [4.69, 9.17) is 16.3 Å². The molecule has 4 nitrogen and oxygen atoms in total. The highest BCUT2D eigenvalue weighted by molar-refractivity contribution is 6.30. The number of rotatable bonds is 5. The lowest BCUT2D eigenvalue weighted by Crippen LogP contribution is -2.40. The Bertz CT molecular complexity index is 798. The van der Waals surface area contributed by atoms with Crippen LogP contribution in [0.25, 0.3) is 0 Å². The second-order valence-electron chi connectivity index (χ2n) is 7.75. The molecule has 1 spiro atoms. The molecule has 1 N–H and O–H groups in total. The van der Waals surface area contributed by atoms with E-state index >= 15 is 0 Å². The molecule has 0 aromatic heterocycles. The minimum Gasteiger partial charge on any atom is -0.489 e. The van der Waals surface area contributed by atoms with Gasteiger partial charge in [-0.1, -0.05) is 41.9 Å². The van der Waals surface area contributed by atoms with Crippen molar-refractivity contribution in [2.24, 2.45) is 5.41 Å². The number of hydrogen-bond donors (Lipinski definition) is 1. The van der Waals surface area contributed by atoms with Gasteiger partial charge < -0.3 is 10.1 Å². The van der Waals surface area contributed by atoms with E-state index in [-0.39, 0.29) is 11.3 Å². The van der Waals surface area contributed by atoms with E-state index in [1.54, 1.807) is 0 Å². The number of nitrogens with one attached hydrogen (secondary N) is 1. The zero-order valence-corrected chi connectivity index (χ0v) is 16.2. The van der Waals surface area contributed by atoms with Gasteiger partial charge in [0.1, 0.15) is 12.4 Å². The fourth-order valence-electron chi connectivity index (χ4n) is 4.05. The van der Waals surface area contributed by atoms with Gasteiger partial charge in [-0.3, -0.25) is 9.69 Å². The van der Waals surface area contributed by atoms with Crippen molar-refractivity contribution < 1.29 is 9.53 Å². The molecule has 2 aliphatic rings. The van der Waals surface area contributed by atoms with Crippen molar-refractivity contribution in [2.75, 3.05) is 19.6 Å². The molecule has 1 amide bonds. The molecular formula is C22H25ClN2O2. The fraction of sp³-hybridized carbons (Fsp3) is 0.409. The van der Waals surface area contributed by atoms with E-state index in [0.29, 0.717) is 13.0 Å². The number of piperidine rings is 1. The first kappa shape index (κ1) is 18.3. The molecule has 5 heteroatoms. The topological polar surface area (TPSA) is 41.6 Å². The number of para-hydroxylation sites is 1. The molecule has 0 radical (unpaired) electrons. The maximum atomic E-state index is 11.6. The molecule has 2 aromatic carbocycles. The van der Waals surface area contributed by atoms with Crippen molar-refractivity contribution in [1.29, 1.82) is 0 Å². The van der Waals surface area contributed by atoms with Gasteiger partial charge in [-0.25, -0.2) is 0 Å². The second kappa shape index (κ2) is 7.91. The Balaban J connectivity index is 1.35. The maximum absolute atomic E-state index is 11.6. The van der Waals surface area contributed by atoms with Gasteiger partial charge in [-0.05, 0) is 55.1 Å². The fourth-order valence-corrected chi connectivity index (χ4v) is 4.17. The number of likely N-dealkylation sites (tertiary alicyclic amines) is 1. The monoisotopic (exact) mass is 384 g/mol. The number of amides is 1. The number of benzene rings is 2. The van der Waals surface area contributed by atoms with Crippen molar-refractivity contribution in [2.45, 2.75) is 32.4 Å². The van der Waals surface area contributed by atoms with Crippen molar-refractivity contribution in [3.05, 3.63) is 64.7 Å². The Morgan fingerprint density at radius 3 is 2.52 bits per heavy atom. The molecule has 4 rings (SSSR count). The number of carbonyl (C=O) groups is 1. The van der Waals surface area contributed by atoms with Crippen molar-refractivity contribution in [3.63, 3.8) is 0 Å². The molecule has 2 aliphatic heterocycles. The summed E-state index contributed by atoms with van der Waals surface area (Å²) in [4.78, 5) is 14.1. The standard InChI is InChI=1S/C22H25ClN2O2/c23-19-7-5-17(6-8-19)15-27-20-4-2-1-3-18(20)14-25-11-9-22(10-12-25)13-21(26)24-16-22/h1-8H,9-16H2,(H,24,26). The third kappa shape index (κ3) is 4.45. The first-order chi connectivity index (χ1) is 13.1. The molecule has 27 heavy (non-hydrogen) atoms. The lowest BCUT2D eigenvalue weighted by Gasteiger charge is -2.38. The molecule has 142 valence electrons. The van der Waals surface area contributed by atoms with Crippen LogP contribution in [0.15, 0.2) is 48.5 Å². The Kier molecular flexibility index (Phi) is 5.37. The molecule has 2 fully saturated rings. The van der Waals surface area contributed by atoms with E-state index in [0.717, 1.165) is 55.4 Å². The van der Waals surface area contributed by atoms with Crippen LogP contribution in [0.5, 0.6) is 5.75 Å². The summed E-state index contributed by atoms with van der Waals surface area (Å²) in [5.74, 6) is 1.15. The molecule has 2 saturated heterocycles. The van der Waals surface area contributed by atoms with Gasteiger partial charge in [0, 0.05) is 30.1 Å². The van der Waals surface area contributed by atoms with Crippen LogP contribution in [0, 0.1) is 5.41 Å². The smallest absolute Gasteiger partial charge is 0.220 e. The summed E-state index contributed by atoms with van der Waals surface area (Å²) in [5, 5.41) is 3.74. The third-order valence-corrected chi connectivity index (χ3v) is 6.04. The largest absolute Gasteiger partial charge is 0.489 e. The summed E-state index contributed by atoms with van der Waals surface area (Å²) in [7, 11) is 0. The molecule has 0 atom stereocenters. The Hall–Kier alpha value is -2.04. The van der Waals surface area contributed by atoms with Crippen LogP contribution < -0.4 is 10.1 Å². The molecule has 2 aromatic rings. The second-order valence-corrected chi connectivity index (χ2v) is 8.19. The third-order valence-electron chi connectivity index (χ3n) is 5.79. The van der Waals surface area contributed by atoms with Gasteiger partial charge in [0.25, 0.3) is 0 Å². The van der Waals surface area contributed by atoms with Crippen LogP contribution in [-0.2, 0) is 17.9 Å². The van der Waals surface area contributed by atoms with E-state index in [2.05, 4.69) is 22.3 Å². The number of carbonyl (C=O) groups excluding carboxylic acids is 1. The zero-order chi connectivity index (χ0) is 18.7. The lowest BCUT2D eigenvalue weighted by atomic mass is 9.77. The molecular weight excluding hydrogens is 360 g/mol. The highest BCUT2D eigenvalue weighted by Gasteiger charge is 2.40. The Morgan fingerprint density at radius 2 is 1.81 bits per heavy atom. The van der Waals surface area contributed by atoms with Gasteiger partial charge in [0.15, 0.2) is 0 Å². The Morgan fingerprint density at radius 1 is 1.07 bits per heavy atom. The molecule has 0 unspecified atom stereocenters. The first-order valence-electron chi connectivity index (χ1n) is 9.56. The normalized spacial score (nSPS) is 19.2. The van der Waals surface area contributed by atoms with E-state index in [9.17, 15) is 4.79 Å². The van der Waals surface area contributed by atoms with Crippen LogP contribution >= 0.6 is 11.6 Å². The summed E-state index contributed by atoms with van der Waals surface area (Å²) in [5.41, 5.74) is 2.51. The number of ether oxygens (including phenoxy) is 1. The van der Waals surface area contributed by atoms with E-state index in [1.807, 2.05) is 36.4 Å². The lowest BCUT2D eigenvalue weighted by molar-refractivity contribution is -0.119. The SMILES string of the molecule is O=C1CC2(CCN(Cc3ccccc3OCc3ccc(Cl)cc3)CC2)CN1. The number of nitrogens with zero attached hydrogens (tertiary/aromatic N) is 1.